The van der Waals surface area contributed by atoms with Gasteiger partial charge in [-0.25, -0.2) is 0 Å². The van der Waals surface area contributed by atoms with Crippen molar-refractivity contribution >= 4 is 35.8 Å². The Morgan fingerprint density at radius 2 is 2.04 bits per heavy atom. The van der Waals surface area contributed by atoms with Crippen LogP contribution in [0.25, 0.3) is 0 Å². The number of likely N-dealkylation sites (tertiary alicyclic amines) is 1. The average molecular weight is 487 g/mol. The zero-order valence-electron chi connectivity index (χ0n) is 16.8. The Bertz CT molecular complexity index is 581. The van der Waals surface area contributed by atoms with Gasteiger partial charge in [-0.05, 0) is 26.0 Å². The van der Waals surface area contributed by atoms with Gasteiger partial charge < -0.3 is 20.4 Å². The lowest BCUT2D eigenvalue weighted by Gasteiger charge is -2.19. The van der Waals surface area contributed by atoms with Gasteiger partial charge in [0.05, 0.1) is 6.54 Å². The molecule has 1 heterocycles. The lowest BCUT2D eigenvalue weighted by Crippen LogP contribution is -2.45. The van der Waals surface area contributed by atoms with E-state index in [-0.39, 0.29) is 35.9 Å². The number of amides is 1. The summed E-state index contributed by atoms with van der Waals surface area (Å²) >= 11 is 0. The molecule has 27 heavy (non-hydrogen) atoms. The molecule has 0 aromatic heterocycles. The zero-order chi connectivity index (χ0) is 18.8. The molecule has 1 aliphatic heterocycles. The van der Waals surface area contributed by atoms with Crippen LogP contribution in [0.5, 0.6) is 0 Å². The number of rotatable bonds is 8. The zero-order valence-corrected chi connectivity index (χ0v) is 19.1. The van der Waals surface area contributed by atoms with Crippen molar-refractivity contribution in [2.45, 2.75) is 39.3 Å². The average Bonchev–Trinajstić information content (AvgIpc) is 3.10. The molecule has 1 aromatic rings. The SMILES string of the molecule is CCNC(=NCCN(C)Cc1ccccc1)NC1CCN(C(=O)CC)C1.I. The van der Waals surface area contributed by atoms with Crippen molar-refractivity contribution in [1.82, 2.24) is 20.4 Å². The Morgan fingerprint density at radius 3 is 2.70 bits per heavy atom. The first kappa shape index (κ1) is 23.7. The summed E-state index contributed by atoms with van der Waals surface area (Å²) in [5.74, 6) is 1.08. The van der Waals surface area contributed by atoms with E-state index in [2.05, 4.69) is 53.8 Å². The van der Waals surface area contributed by atoms with Crippen molar-refractivity contribution in [3.8, 4) is 0 Å². The van der Waals surface area contributed by atoms with Crippen LogP contribution in [-0.4, -0.2) is 67.5 Å². The van der Waals surface area contributed by atoms with Crippen LogP contribution in [0.1, 0.15) is 32.3 Å². The second-order valence-electron chi connectivity index (χ2n) is 6.81. The molecular formula is C20H34IN5O. The number of hydrogen-bond acceptors (Lipinski definition) is 3. The summed E-state index contributed by atoms with van der Waals surface area (Å²) in [5.41, 5.74) is 1.32. The minimum Gasteiger partial charge on any atom is -0.357 e. The van der Waals surface area contributed by atoms with Gasteiger partial charge in [0, 0.05) is 45.2 Å². The molecule has 0 spiro atoms. The third-order valence-corrected chi connectivity index (χ3v) is 4.58. The molecule has 152 valence electrons. The number of guanidine groups is 1. The summed E-state index contributed by atoms with van der Waals surface area (Å²) in [4.78, 5) is 20.7. The van der Waals surface area contributed by atoms with Crippen molar-refractivity contribution in [3.63, 3.8) is 0 Å². The monoisotopic (exact) mass is 487 g/mol. The highest BCUT2D eigenvalue weighted by Gasteiger charge is 2.25. The van der Waals surface area contributed by atoms with E-state index in [1.165, 1.54) is 5.56 Å². The van der Waals surface area contributed by atoms with E-state index < -0.39 is 0 Å². The first-order valence-corrected chi connectivity index (χ1v) is 9.67. The predicted octanol–water partition coefficient (Wildman–Crippen LogP) is 2.30. The molecule has 1 amide bonds. The molecule has 1 saturated heterocycles. The smallest absolute Gasteiger partial charge is 0.222 e. The molecule has 7 heteroatoms. The van der Waals surface area contributed by atoms with Crippen LogP contribution in [0.3, 0.4) is 0 Å². The van der Waals surface area contributed by atoms with Crippen LogP contribution in [0, 0.1) is 0 Å². The molecular weight excluding hydrogens is 453 g/mol. The summed E-state index contributed by atoms with van der Waals surface area (Å²) in [6.45, 7) is 8.99. The highest BCUT2D eigenvalue weighted by atomic mass is 127. The van der Waals surface area contributed by atoms with Gasteiger partial charge in [0.25, 0.3) is 0 Å². The number of halogens is 1. The maximum Gasteiger partial charge on any atom is 0.222 e. The molecule has 1 aliphatic rings. The van der Waals surface area contributed by atoms with Gasteiger partial charge in [0.2, 0.25) is 5.91 Å². The van der Waals surface area contributed by atoms with Crippen molar-refractivity contribution in [1.29, 1.82) is 0 Å². The Balaban J connectivity index is 0.00000364. The van der Waals surface area contributed by atoms with E-state index >= 15 is 0 Å². The standard InChI is InChI=1S/C20H33N5O.HI/c1-4-19(26)25-13-11-18(16-25)23-20(21-5-2)22-12-14-24(3)15-17-9-7-6-8-10-17;/h6-10,18H,4-5,11-16H2,1-3H3,(H2,21,22,23);1H. The minimum atomic E-state index is 0. The van der Waals surface area contributed by atoms with E-state index in [1.807, 2.05) is 17.9 Å². The van der Waals surface area contributed by atoms with E-state index in [9.17, 15) is 4.79 Å². The Kier molecular flexibility index (Phi) is 11.3. The van der Waals surface area contributed by atoms with E-state index in [1.54, 1.807) is 0 Å². The Labute approximate surface area is 180 Å². The molecule has 0 saturated carbocycles. The Morgan fingerprint density at radius 1 is 1.30 bits per heavy atom. The molecule has 1 atom stereocenters. The topological polar surface area (TPSA) is 60.0 Å². The molecule has 0 radical (unpaired) electrons. The van der Waals surface area contributed by atoms with E-state index in [0.717, 1.165) is 51.6 Å². The molecule has 2 N–H and O–H groups in total. The fourth-order valence-corrected chi connectivity index (χ4v) is 3.15. The van der Waals surface area contributed by atoms with E-state index in [0.29, 0.717) is 6.42 Å². The maximum absolute atomic E-state index is 11.8. The first-order valence-electron chi connectivity index (χ1n) is 9.67. The van der Waals surface area contributed by atoms with Gasteiger partial charge in [-0.3, -0.25) is 9.79 Å². The number of carbonyl (C=O) groups is 1. The van der Waals surface area contributed by atoms with Gasteiger partial charge in [0.15, 0.2) is 5.96 Å². The lowest BCUT2D eigenvalue weighted by atomic mass is 10.2. The van der Waals surface area contributed by atoms with Crippen molar-refractivity contribution in [3.05, 3.63) is 35.9 Å². The molecule has 1 fully saturated rings. The normalized spacial score (nSPS) is 17.0. The number of carbonyl (C=O) groups excluding carboxylic acids is 1. The third kappa shape index (κ3) is 8.47. The van der Waals surface area contributed by atoms with Gasteiger partial charge in [-0.1, -0.05) is 37.3 Å². The van der Waals surface area contributed by atoms with Gasteiger partial charge in [0.1, 0.15) is 0 Å². The number of likely N-dealkylation sites (N-methyl/N-ethyl adjacent to an activating group) is 1. The first-order chi connectivity index (χ1) is 12.6. The fraction of sp³-hybridized carbons (Fsp3) is 0.600. The van der Waals surface area contributed by atoms with Crippen LogP contribution >= 0.6 is 24.0 Å². The number of nitrogens with zero attached hydrogens (tertiary/aromatic N) is 3. The lowest BCUT2D eigenvalue weighted by molar-refractivity contribution is -0.129. The predicted molar refractivity (Wildman–Crippen MR) is 123 cm³/mol. The summed E-state index contributed by atoms with van der Waals surface area (Å²) < 4.78 is 0. The quantitative estimate of drug-likeness (QED) is 0.336. The maximum atomic E-state index is 11.8. The highest BCUT2D eigenvalue weighted by molar-refractivity contribution is 14.0. The molecule has 1 unspecified atom stereocenters. The van der Waals surface area contributed by atoms with Crippen LogP contribution < -0.4 is 10.6 Å². The van der Waals surface area contributed by atoms with Crippen LogP contribution in [0.4, 0.5) is 0 Å². The molecule has 2 rings (SSSR count). The van der Waals surface area contributed by atoms with Crippen LogP contribution in [0.2, 0.25) is 0 Å². The van der Waals surface area contributed by atoms with Gasteiger partial charge in [-0.2, -0.15) is 0 Å². The second-order valence-corrected chi connectivity index (χ2v) is 6.81. The van der Waals surface area contributed by atoms with Crippen molar-refractivity contribution in [2.24, 2.45) is 4.99 Å². The highest BCUT2D eigenvalue weighted by Crippen LogP contribution is 2.10. The van der Waals surface area contributed by atoms with Crippen LogP contribution in [-0.2, 0) is 11.3 Å². The van der Waals surface area contributed by atoms with Crippen molar-refractivity contribution < 1.29 is 4.79 Å². The van der Waals surface area contributed by atoms with Gasteiger partial charge in [-0.15, -0.1) is 24.0 Å². The third-order valence-electron chi connectivity index (χ3n) is 4.58. The Hall–Kier alpha value is -1.35. The largest absolute Gasteiger partial charge is 0.357 e. The summed E-state index contributed by atoms with van der Waals surface area (Å²) in [7, 11) is 2.12. The number of nitrogens with one attached hydrogen (secondary N) is 2. The summed E-state index contributed by atoms with van der Waals surface area (Å²) in [6.07, 6.45) is 1.55. The van der Waals surface area contributed by atoms with Crippen LogP contribution in [0.15, 0.2) is 35.3 Å². The minimum absolute atomic E-state index is 0. The number of benzene rings is 1. The van der Waals surface area contributed by atoms with Gasteiger partial charge >= 0.3 is 0 Å². The second kappa shape index (κ2) is 12.9. The molecule has 1 aromatic carbocycles. The summed E-state index contributed by atoms with van der Waals surface area (Å²) in [5, 5.41) is 6.78. The van der Waals surface area contributed by atoms with Crippen molar-refractivity contribution in [2.75, 3.05) is 39.8 Å². The van der Waals surface area contributed by atoms with E-state index in [4.69, 9.17) is 4.99 Å². The number of aliphatic imine (C=N–C) groups is 1. The fourth-order valence-electron chi connectivity index (χ4n) is 3.15. The molecule has 6 nitrogen and oxygen atoms in total. The number of hydrogen-bond donors (Lipinski definition) is 2. The summed E-state index contributed by atoms with van der Waals surface area (Å²) in [6, 6.07) is 10.8. The molecule has 0 bridgehead atoms. The molecule has 0 aliphatic carbocycles.